The van der Waals surface area contributed by atoms with Crippen LogP contribution in [0.3, 0.4) is 0 Å². The van der Waals surface area contributed by atoms with Gasteiger partial charge in [-0.15, -0.1) is 0 Å². The normalized spacial score (nSPS) is 18.0. The summed E-state index contributed by atoms with van der Waals surface area (Å²) >= 11 is 0. The molecule has 0 spiro atoms. The molecule has 0 heterocycles. The molecule has 0 aromatic rings. The van der Waals surface area contributed by atoms with Gasteiger partial charge in [0.15, 0.2) is 0 Å². The molecule has 0 bridgehead atoms. The van der Waals surface area contributed by atoms with Gasteiger partial charge in [-0.25, -0.2) is 4.79 Å². The Labute approximate surface area is 83.9 Å². The Morgan fingerprint density at radius 2 is 1.86 bits per heavy atom. The Balaban J connectivity index is 2.66. The van der Waals surface area contributed by atoms with Crippen molar-refractivity contribution in [1.29, 1.82) is 0 Å². The SMILES string of the molecule is CC(C)C(C(=O)O)N(C)C(=O)C1CC1. The molecule has 1 amide bonds. The van der Waals surface area contributed by atoms with E-state index < -0.39 is 12.0 Å². The summed E-state index contributed by atoms with van der Waals surface area (Å²) in [6.45, 7) is 3.63. The van der Waals surface area contributed by atoms with Gasteiger partial charge in [0.25, 0.3) is 0 Å². The summed E-state index contributed by atoms with van der Waals surface area (Å²) in [7, 11) is 1.58. The number of carboxylic acid groups (broad SMARTS) is 1. The third-order valence-corrected chi connectivity index (χ3v) is 2.58. The fourth-order valence-corrected chi connectivity index (χ4v) is 1.65. The van der Waals surface area contributed by atoms with Gasteiger partial charge in [-0.1, -0.05) is 13.8 Å². The number of nitrogens with zero attached hydrogens (tertiary/aromatic N) is 1. The molecule has 80 valence electrons. The summed E-state index contributed by atoms with van der Waals surface area (Å²) in [5, 5.41) is 8.97. The Morgan fingerprint density at radius 3 is 2.14 bits per heavy atom. The quantitative estimate of drug-likeness (QED) is 0.733. The van der Waals surface area contributed by atoms with Crippen LogP contribution in [-0.4, -0.2) is 35.0 Å². The van der Waals surface area contributed by atoms with Crippen LogP contribution in [0.1, 0.15) is 26.7 Å². The van der Waals surface area contributed by atoms with Gasteiger partial charge in [0.1, 0.15) is 6.04 Å². The Kier molecular flexibility index (Phi) is 3.13. The Morgan fingerprint density at radius 1 is 1.36 bits per heavy atom. The molecule has 0 aliphatic heterocycles. The molecule has 1 aliphatic carbocycles. The average Bonchev–Trinajstić information content (AvgIpc) is 2.83. The van der Waals surface area contributed by atoms with Gasteiger partial charge in [0, 0.05) is 13.0 Å². The van der Waals surface area contributed by atoms with E-state index in [-0.39, 0.29) is 17.7 Å². The van der Waals surface area contributed by atoms with Crippen molar-refractivity contribution in [3.63, 3.8) is 0 Å². The van der Waals surface area contributed by atoms with Crippen molar-refractivity contribution >= 4 is 11.9 Å². The van der Waals surface area contributed by atoms with Crippen molar-refractivity contribution in [3.8, 4) is 0 Å². The molecule has 1 fully saturated rings. The van der Waals surface area contributed by atoms with Gasteiger partial charge < -0.3 is 10.0 Å². The minimum atomic E-state index is -0.920. The van der Waals surface area contributed by atoms with Gasteiger partial charge >= 0.3 is 5.97 Å². The molecule has 1 rings (SSSR count). The van der Waals surface area contributed by atoms with E-state index in [1.807, 2.05) is 13.8 Å². The maximum atomic E-state index is 11.6. The first-order valence-electron chi connectivity index (χ1n) is 4.94. The second kappa shape index (κ2) is 3.98. The maximum absolute atomic E-state index is 11.6. The van der Waals surface area contributed by atoms with Crippen LogP contribution in [0.25, 0.3) is 0 Å². The Bertz CT molecular complexity index is 246. The lowest BCUT2D eigenvalue weighted by Gasteiger charge is -2.27. The van der Waals surface area contributed by atoms with Crippen LogP contribution >= 0.6 is 0 Å². The van der Waals surface area contributed by atoms with Crippen LogP contribution in [-0.2, 0) is 9.59 Å². The van der Waals surface area contributed by atoms with E-state index in [2.05, 4.69) is 0 Å². The van der Waals surface area contributed by atoms with Crippen LogP contribution in [0.15, 0.2) is 0 Å². The van der Waals surface area contributed by atoms with E-state index in [4.69, 9.17) is 5.11 Å². The predicted octanol–water partition coefficient (Wildman–Crippen LogP) is 0.964. The summed E-state index contributed by atoms with van der Waals surface area (Å²) in [4.78, 5) is 23.9. The molecule has 0 aromatic heterocycles. The van der Waals surface area contributed by atoms with E-state index in [1.54, 1.807) is 7.05 Å². The number of likely N-dealkylation sites (N-methyl/N-ethyl adjacent to an activating group) is 1. The third-order valence-electron chi connectivity index (χ3n) is 2.58. The maximum Gasteiger partial charge on any atom is 0.326 e. The molecular weight excluding hydrogens is 182 g/mol. The molecule has 0 saturated heterocycles. The second-order valence-corrected chi connectivity index (χ2v) is 4.25. The fourth-order valence-electron chi connectivity index (χ4n) is 1.65. The molecule has 1 aliphatic rings. The minimum absolute atomic E-state index is 0.0221. The van der Waals surface area contributed by atoms with Crippen LogP contribution in [0, 0.1) is 11.8 Å². The lowest BCUT2D eigenvalue weighted by atomic mass is 10.0. The molecule has 1 saturated carbocycles. The molecule has 14 heavy (non-hydrogen) atoms. The zero-order valence-corrected chi connectivity index (χ0v) is 8.86. The summed E-state index contributed by atoms with van der Waals surface area (Å²) in [6.07, 6.45) is 1.82. The first kappa shape index (κ1) is 11.0. The summed E-state index contributed by atoms with van der Waals surface area (Å²) in [5.74, 6) is -0.914. The number of carbonyl (C=O) groups is 2. The lowest BCUT2D eigenvalue weighted by molar-refractivity contribution is -0.151. The number of carbonyl (C=O) groups excluding carboxylic acids is 1. The average molecular weight is 199 g/mol. The van der Waals surface area contributed by atoms with Crippen molar-refractivity contribution in [2.45, 2.75) is 32.7 Å². The predicted molar refractivity (Wildman–Crippen MR) is 51.8 cm³/mol. The van der Waals surface area contributed by atoms with E-state index in [1.165, 1.54) is 4.90 Å². The van der Waals surface area contributed by atoms with Gasteiger partial charge in [0.05, 0.1) is 0 Å². The van der Waals surface area contributed by atoms with Crippen molar-refractivity contribution < 1.29 is 14.7 Å². The van der Waals surface area contributed by atoms with Crippen LogP contribution in [0.4, 0.5) is 0 Å². The van der Waals surface area contributed by atoms with Gasteiger partial charge in [0.2, 0.25) is 5.91 Å². The zero-order valence-electron chi connectivity index (χ0n) is 8.86. The monoisotopic (exact) mass is 199 g/mol. The lowest BCUT2D eigenvalue weighted by Crippen LogP contribution is -2.46. The molecule has 0 aromatic carbocycles. The number of carboxylic acids is 1. The van der Waals surface area contributed by atoms with Crippen molar-refractivity contribution in [3.05, 3.63) is 0 Å². The van der Waals surface area contributed by atoms with Gasteiger partial charge in [-0.2, -0.15) is 0 Å². The second-order valence-electron chi connectivity index (χ2n) is 4.25. The van der Waals surface area contributed by atoms with Crippen molar-refractivity contribution in [2.24, 2.45) is 11.8 Å². The van der Waals surface area contributed by atoms with Crippen LogP contribution in [0.5, 0.6) is 0 Å². The number of hydrogen-bond donors (Lipinski definition) is 1. The third kappa shape index (κ3) is 2.25. The number of hydrogen-bond acceptors (Lipinski definition) is 2. The molecule has 4 heteroatoms. The van der Waals surface area contributed by atoms with Gasteiger partial charge in [-0.05, 0) is 18.8 Å². The highest BCUT2D eigenvalue weighted by Gasteiger charge is 2.37. The van der Waals surface area contributed by atoms with E-state index in [9.17, 15) is 9.59 Å². The standard InChI is InChI=1S/C10H17NO3/c1-6(2)8(10(13)14)11(3)9(12)7-4-5-7/h6-8H,4-5H2,1-3H3,(H,13,14). The largest absolute Gasteiger partial charge is 0.480 e. The zero-order chi connectivity index (χ0) is 10.9. The van der Waals surface area contributed by atoms with Crippen molar-refractivity contribution in [2.75, 3.05) is 7.05 Å². The topological polar surface area (TPSA) is 57.6 Å². The summed E-state index contributed by atoms with van der Waals surface area (Å²) in [5.41, 5.74) is 0. The number of amides is 1. The van der Waals surface area contributed by atoms with E-state index in [0.717, 1.165) is 12.8 Å². The summed E-state index contributed by atoms with van der Waals surface area (Å²) in [6, 6.07) is -0.692. The minimum Gasteiger partial charge on any atom is -0.480 e. The van der Waals surface area contributed by atoms with Crippen LogP contribution < -0.4 is 0 Å². The van der Waals surface area contributed by atoms with Gasteiger partial charge in [-0.3, -0.25) is 4.79 Å². The molecule has 1 atom stereocenters. The Hall–Kier alpha value is -1.06. The first-order chi connectivity index (χ1) is 6.45. The fraction of sp³-hybridized carbons (Fsp3) is 0.800. The highest BCUT2D eigenvalue weighted by molar-refractivity contribution is 5.86. The highest BCUT2D eigenvalue weighted by Crippen LogP contribution is 2.31. The number of rotatable bonds is 4. The molecule has 1 N–H and O–H groups in total. The first-order valence-corrected chi connectivity index (χ1v) is 4.94. The van der Waals surface area contributed by atoms with Crippen LogP contribution in [0.2, 0.25) is 0 Å². The van der Waals surface area contributed by atoms with Crippen molar-refractivity contribution in [1.82, 2.24) is 4.90 Å². The molecular formula is C10H17NO3. The van der Waals surface area contributed by atoms with E-state index in [0.29, 0.717) is 0 Å². The summed E-state index contributed by atoms with van der Waals surface area (Å²) < 4.78 is 0. The number of aliphatic carboxylic acids is 1. The smallest absolute Gasteiger partial charge is 0.326 e. The highest BCUT2D eigenvalue weighted by atomic mass is 16.4. The molecule has 0 radical (unpaired) electrons. The molecule has 1 unspecified atom stereocenters. The molecule has 4 nitrogen and oxygen atoms in total. The van der Waals surface area contributed by atoms with E-state index >= 15 is 0 Å².